The van der Waals surface area contributed by atoms with Gasteiger partial charge in [0.05, 0.1) is 16.8 Å². The zero-order valence-corrected chi connectivity index (χ0v) is 15.6. The number of anilines is 1. The molecule has 1 aliphatic rings. The zero-order chi connectivity index (χ0) is 16.3. The number of amides is 1. The summed E-state index contributed by atoms with van der Waals surface area (Å²) in [4.78, 5) is 25.1. The smallest absolute Gasteiger partial charge is 0.227 e. The summed E-state index contributed by atoms with van der Waals surface area (Å²) in [6, 6.07) is 3.50. The fraction of sp³-hybridized carbons (Fsp3) is 0.467. The van der Waals surface area contributed by atoms with Crippen LogP contribution in [0.4, 0.5) is 5.69 Å². The molecule has 1 amide bonds. The van der Waals surface area contributed by atoms with E-state index in [0.29, 0.717) is 41.8 Å². The second kappa shape index (κ2) is 7.70. The molecule has 2 rings (SSSR count). The number of carbonyl (C=O) groups excluding carboxylic acids is 2. The van der Waals surface area contributed by atoms with Crippen LogP contribution in [-0.4, -0.2) is 29.9 Å². The Kier molecular flexibility index (Phi) is 6.17. The van der Waals surface area contributed by atoms with Crippen LogP contribution in [0.5, 0.6) is 5.75 Å². The second-order valence-corrected chi connectivity index (χ2v) is 7.53. The van der Waals surface area contributed by atoms with Crippen LogP contribution in [0.25, 0.3) is 0 Å². The van der Waals surface area contributed by atoms with Crippen molar-refractivity contribution in [3.8, 4) is 5.75 Å². The van der Waals surface area contributed by atoms with Crippen molar-refractivity contribution in [2.75, 3.05) is 23.8 Å². The lowest BCUT2D eigenvalue weighted by molar-refractivity contribution is -0.117. The highest BCUT2D eigenvalue weighted by atomic mass is 79.9. The van der Waals surface area contributed by atoms with Crippen molar-refractivity contribution in [3.05, 3.63) is 21.6 Å². The van der Waals surface area contributed by atoms with E-state index in [1.54, 1.807) is 24.0 Å². The number of thioether (sulfide) groups is 1. The van der Waals surface area contributed by atoms with Gasteiger partial charge in [-0.15, -0.1) is 0 Å². The SMILES string of the molecule is CCOc1c(Br)cc(Cl)cc1N1CC(CSC(C)=O)CC1=O. The molecular weight excluding hydrogens is 390 g/mol. The zero-order valence-electron chi connectivity index (χ0n) is 12.4. The summed E-state index contributed by atoms with van der Waals surface area (Å²) < 4.78 is 6.39. The average Bonchev–Trinajstić information content (AvgIpc) is 2.80. The third-order valence-electron chi connectivity index (χ3n) is 3.30. The average molecular weight is 407 g/mol. The van der Waals surface area contributed by atoms with Crippen molar-refractivity contribution >= 4 is 56.0 Å². The molecule has 1 unspecified atom stereocenters. The Labute approximate surface area is 147 Å². The highest BCUT2D eigenvalue weighted by Crippen LogP contribution is 2.41. The lowest BCUT2D eigenvalue weighted by atomic mass is 10.1. The molecule has 0 spiro atoms. The molecule has 1 atom stereocenters. The first-order valence-corrected chi connectivity index (χ1v) is 9.13. The number of hydrogen-bond acceptors (Lipinski definition) is 4. The molecule has 0 N–H and O–H groups in total. The molecule has 0 aromatic heterocycles. The van der Waals surface area contributed by atoms with E-state index in [1.807, 2.05) is 6.92 Å². The van der Waals surface area contributed by atoms with E-state index >= 15 is 0 Å². The molecule has 1 heterocycles. The van der Waals surface area contributed by atoms with Crippen LogP contribution in [0.1, 0.15) is 20.3 Å². The van der Waals surface area contributed by atoms with E-state index in [4.69, 9.17) is 16.3 Å². The van der Waals surface area contributed by atoms with E-state index in [0.717, 1.165) is 4.47 Å². The summed E-state index contributed by atoms with van der Waals surface area (Å²) in [6.07, 6.45) is 0.440. The number of nitrogens with zero attached hydrogens (tertiary/aromatic N) is 1. The van der Waals surface area contributed by atoms with Gasteiger partial charge in [-0.2, -0.15) is 0 Å². The number of ether oxygens (including phenoxy) is 1. The van der Waals surface area contributed by atoms with E-state index in [2.05, 4.69) is 15.9 Å². The van der Waals surface area contributed by atoms with Gasteiger partial charge in [-0.3, -0.25) is 9.59 Å². The van der Waals surface area contributed by atoms with Gasteiger partial charge in [0.2, 0.25) is 5.91 Å². The normalized spacial score (nSPS) is 17.9. The molecule has 1 aromatic carbocycles. The minimum Gasteiger partial charge on any atom is -0.490 e. The highest BCUT2D eigenvalue weighted by molar-refractivity contribution is 9.10. The number of carbonyl (C=O) groups is 2. The van der Waals surface area contributed by atoms with Crippen molar-refractivity contribution in [1.82, 2.24) is 0 Å². The van der Waals surface area contributed by atoms with E-state index in [9.17, 15) is 9.59 Å². The molecule has 0 aliphatic carbocycles. The van der Waals surface area contributed by atoms with E-state index in [1.165, 1.54) is 11.8 Å². The van der Waals surface area contributed by atoms with Gasteiger partial charge in [-0.1, -0.05) is 23.4 Å². The van der Waals surface area contributed by atoms with Crippen LogP contribution in [-0.2, 0) is 9.59 Å². The predicted octanol–water partition coefficient (Wildman–Crippen LogP) is 4.13. The lowest BCUT2D eigenvalue weighted by Crippen LogP contribution is -2.25. The standard InChI is InChI=1S/C15H17BrClNO3S/c1-3-21-15-12(16)5-11(17)6-13(15)18-7-10(4-14(18)20)8-22-9(2)19/h5-6,10H,3-4,7-8H2,1-2H3. The minimum absolute atomic E-state index is 0.0317. The first-order valence-electron chi connectivity index (χ1n) is 6.98. The predicted molar refractivity (Wildman–Crippen MR) is 93.9 cm³/mol. The molecule has 120 valence electrons. The van der Waals surface area contributed by atoms with Gasteiger partial charge in [0.1, 0.15) is 0 Å². The van der Waals surface area contributed by atoms with Crippen LogP contribution in [0.15, 0.2) is 16.6 Å². The Hall–Kier alpha value is -0.720. The molecule has 1 aliphatic heterocycles. The largest absolute Gasteiger partial charge is 0.490 e. The summed E-state index contributed by atoms with van der Waals surface area (Å²) in [5.74, 6) is 1.47. The van der Waals surface area contributed by atoms with Gasteiger partial charge in [-0.25, -0.2) is 0 Å². The van der Waals surface area contributed by atoms with Crippen LogP contribution < -0.4 is 9.64 Å². The maximum Gasteiger partial charge on any atom is 0.227 e. The Balaban J connectivity index is 2.24. The van der Waals surface area contributed by atoms with Crippen LogP contribution in [0, 0.1) is 5.92 Å². The van der Waals surface area contributed by atoms with Gasteiger partial charge in [0.25, 0.3) is 0 Å². The molecule has 1 aromatic rings. The summed E-state index contributed by atoms with van der Waals surface area (Å²) in [5, 5.41) is 0.617. The topological polar surface area (TPSA) is 46.6 Å². The van der Waals surface area contributed by atoms with Crippen LogP contribution in [0.2, 0.25) is 5.02 Å². The molecule has 1 saturated heterocycles. The third-order valence-corrected chi connectivity index (χ3v) is 5.15. The van der Waals surface area contributed by atoms with Gasteiger partial charge < -0.3 is 9.64 Å². The Morgan fingerprint density at radius 3 is 2.91 bits per heavy atom. The van der Waals surface area contributed by atoms with Crippen molar-refractivity contribution < 1.29 is 14.3 Å². The molecule has 1 fully saturated rings. The van der Waals surface area contributed by atoms with Crippen LogP contribution in [0.3, 0.4) is 0 Å². The molecule has 22 heavy (non-hydrogen) atoms. The molecule has 4 nitrogen and oxygen atoms in total. The fourth-order valence-electron chi connectivity index (χ4n) is 2.40. The van der Waals surface area contributed by atoms with Gasteiger partial charge in [-0.05, 0) is 40.9 Å². The monoisotopic (exact) mass is 405 g/mol. The van der Waals surface area contributed by atoms with E-state index < -0.39 is 0 Å². The maximum absolute atomic E-state index is 12.3. The van der Waals surface area contributed by atoms with E-state index in [-0.39, 0.29) is 16.9 Å². The number of benzene rings is 1. The summed E-state index contributed by atoms with van der Waals surface area (Å²) in [7, 11) is 0. The highest BCUT2D eigenvalue weighted by Gasteiger charge is 2.33. The number of rotatable bonds is 5. The lowest BCUT2D eigenvalue weighted by Gasteiger charge is -2.21. The van der Waals surface area contributed by atoms with Crippen LogP contribution >= 0.6 is 39.3 Å². The number of hydrogen-bond donors (Lipinski definition) is 0. The van der Waals surface area contributed by atoms with Crippen molar-refractivity contribution in [1.29, 1.82) is 0 Å². The molecule has 0 saturated carbocycles. The van der Waals surface area contributed by atoms with Gasteiger partial charge >= 0.3 is 0 Å². The first-order chi connectivity index (χ1) is 10.4. The first kappa shape index (κ1) is 17.6. The quantitative estimate of drug-likeness (QED) is 0.737. The summed E-state index contributed by atoms with van der Waals surface area (Å²) >= 11 is 10.8. The second-order valence-electron chi connectivity index (χ2n) is 5.05. The molecule has 7 heteroatoms. The third kappa shape index (κ3) is 4.18. The summed E-state index contributed by atoms with van der Waals surface area (Å²) in [5.41, 5.74) is 0.682. The Morgan fingerprint density at radius 1 is 1.55 bits per heavy atom. The van der Waals surface area contributed by atoms with Gasteiger partial charge in [0, 0.05) is 30.7 Å². The number of halogens is 2. The van der Waals surface area contributed by atoms with Crippen molar-refractivity contribution in [2.24, 2.45) is 5.92 Å². The summed E-state index contributed by atoms with van der Waals surface area (Å²) in [6.45, 7) is 4.51. The van der Waals surface area contributed by atoms with Crippen molar-refractivity contribution in [2.45, 2.75) is 20.3 Å². The molecule has 0 radical (unpaired) electrons. The van der Waals surface area contributed by atoms with Gasteiger partial charge in [0.15, 0.2) is 10.9 Å². The van der Waals surface area contributed by atoms with Crippen molar-refractivity contribution in [3.63, 3.8) is 0 Å². The fourth-order valence-corrected chi connectivity index (χ4v) is 4.00. The molecule has 0 bridgehead atoms. The molecular formula is C15H17BrClNO3S. The Morgan fingerprint density at radius 2 is 2.27 bits per heavy atom. The minimum atomic E-state index is 0.0317. The maximum atomic E-state index is 12.3. The Bertz CT molecular complexity index is 596.